The number of carbonyl (C=O) groups is 2. The van der Waals surface area contributed by atoms with Gasteiger partial charge in [0.25, 0.3) is 16.8 Å². The highest BCUT2D eigenvalue weighted by atomic mass is 32.2. The van der Waals surface area contributed by atoms with Gasteiger partial charge in [-0.15, -0.1) is 0 Å². The number of ether oxygens (including phenoxy) is 3. The minimum Gasteiger partial charge on any atom is -0.493 e. The molecule has 3 rings (SSSR count). The Morgan fingerprint density at radius 1 is 1.13 bits per heavy atom. The van der Waals surface area contributed by atoms with Crippen molar-refractivity contribution in [3.8, 4) is 17.2 Å². The minimum absolute atomic E-state index is 0.00740. The number of methoxy groups -OCH3 is 2. The highest BCUT2D eigenvalue weighted by Crippen LogP contribution is 2.38. The highest BCUT2D eigenvalue weighted by molar-refractivity contribution is 8.18. The van der Waals surface area contributed by atoms with Crippen molar-refractivity contribution in [1.29, 1.82) is 0 Å². The lowest BCUT2D eigenvalue weighted by molar-refractivity contribution is -0.385. The zero-order valence-corrected chi connectivity index (χ0v) is 17.3. The van der Waals surface area contributed by atoms with Crippen molar-refractivity contribution in [2.75, 3.05) is 27.4 Å². The van der Waals surface area contributed by atoms with E-state index in [1.54, 1.807) is 0 Å². The van der Waals surface area contributed by atoms with Gasteiger partial charge in [0, 0.05) is 0 Å². The third-order valence-corrected chi connectivity index (χ3v) is 5.19. The predicted octanol–water partition coefficient (Wildman–Crippen LogP) is 3.87. The number of imide groups is 1. The number of nitrogens with zero attached hydrogens (tertiary/aromatic N) is 2. The third kappa shape index (κ3) is 4.94. The van der Waals surface area contributed by atoms with Crippen LogP contribution in [0.15, 0.2) is 41.3 Å². The second-order valence-electron chi connectivity index (χ2n) is 6.16. The van der Waals surface area contributed by atoms with Crippen molar-refractivity contribution in [2.24, 2.45) is 0 Å². The van der Waals surface area contributed by atoms with Gasteiger partial charge < -0.3 is 14.2 Å². The Kier molecular flexibility index (Phi) is 6.75. The lowest BCUT2D eigenvalue weighted by Crippen LogP contribution is -2.32. The fourth-order valence-corrected chi connectivity index (χ4v) is 3.63. The van der Waals surface area contributed by atoms with Crippen molar-refractivity contribution in [2.45, 2.75) is 0 Å². The summed E-state index contributed by atoms with van der Waals surface area (Å²) in [7, 11) is 2.73. The van der Waals surface area contributed by atoms with E-state index >= 15 is 0 Å². The smallest absolute Gasteiger partial charge is 0.293 e. The van der Waals surface area contributed by atoms with Gasteiger partial charge in [0.1, 0.15) is 18.2 Å². The quantitative estimate of drug-likeness (QED) is 0.340. The van der Waals surface area contributed by atoms with Gasteiger partial charge in [-0.2, -0.15) is 0 Å². The van der Waals surface area contributed by atoms with E-state index in [1.807, 2.05) is 0 Å². The standard InChI is InChI=1S/C20H17FN2O7S/c1-28-16-9-12(15(23(26)27)11-17(16)29-2)10-18-19(24)22(20(25)31-18)7-8-30-14-5-3-13(21)4-6-14/h3-6,9-11H,7-8H2,1-2H3/b18-10-. The van der Waals surface area contributed by atoms with Gasteiger partial charge in [-0.1, -0.05) is 0 Å². The molecule has 0 aromatic heterocycles. The molecule has 0 unspecified atom stereocenters. The fraction of sp³-hybridized carbons (Fsp3) is 0.200. The van der Waals surface area contributed by atoms with Crippen LogP contribution in [-0.2, 0) is 4.79 Å². The van der Waals surface area contributed by atoms with Crippen LogP contribution < -0.4 is 14.2 Å². The molecule has 0 aliphatic carbocycles. The molecule has 0 radical (unpaired) electrons. The molecule has 11 heteroatoms. The summed E-state index contributed by atoms with van der Waals surface area (Å²) in [6, 6.07) is 7.87. The van der Waals surface area contributed by atoms with Crippen molar-refractivity contribution in [3.63, 3.8) is 0 Å². The van der Waals surface area contributed by atoms with Crippen LogP contribution in [0.2, 0.25) is 0 Å². The van der Waals surface area contributed by atoms with Crippen molar-refractivity contribution in [1.82, 2.24) is 4.90 Å². The lowest BCUT2D eigenvalue weighted by atomic mass is 10.1. The Bertz CT molecular complexity index is 1060. The number of nitro benzene ring substituents is 1. The highest BCUT2D eigenvalue weighted by Gasteiger charge is 2.35. The molecule has 1 heterocycles. The second kappa shape index (κ2) is 9.47. The summed E-state index contributed by atoms with van der Waals surface area (Å²) < 4.78 is 28.6. The van der Waals surface area contributed by atoms with Gasteiger partial charge in [0.05, 0.1) is 42.2 Å². The van der Waals surface area contributed by atoms with Gasteiger partial charge in [-0.25, -0.2) is 4.39 Å². The number of halogens is 1. The van der Waals surface area contributed by atoms with E-state index in [0.29, 0.717) is 17.5 Å². The first-order chi connectivity index (χ1) is 14.8. The van der Waals surface area contributed by atoms with Crippen LogP contribution >= 0.6 is 11.8 Å². The molecule has 2 aromatic carbocycles. The first-order valence-electron chi connectivity index (χ1n) is 8.88. The molecule has 0 N–H and O–H groups in total. The SMILES string of the molecule is COc1cc(/C=C2\SC(=O)N(CCOc3ccc(F)cc3)C2=O)c([N+](=O)[O-])cc1OC. The molecule has 1 fully saturated rings. The molecule has 0 bridgehead atoms. The van der Waals surface area contributed by atoms with Gasteiger partial charge in [-0.3, -0.25) is 24.6 Å². The normalized spacial score (nSPS) is 14.8. The fourth-order valence-electron chi connectivity index (χ4n) is 2.78. The third-order valence-electron chi connectivity index (χ3n) is 4.29. The number of nitro groups is 1. The maximum absolute atomic E-state index is 12.9. The minimum atomic E-state index is -0.616. The Labute approximate surface area is 180 Å². The summed E-state index contributed by atoms with van der Waals surface area (Å²) in [5, 5.41) is 10.9. The zero-order valence-electron chi connectivity index (χ0n) is 16.5. The van der Waals surface area contributed by atoms with E-state index in [0.717, 1.165) is 4.90 Å². The maximum Gasteiger partial charge on any atom is 0.293 e. The summed E-state index contributed by atoms with van der Waals surface area (Å²) in [5.74, 6) is -0.206. The Morgan fingerprint density at radius 2 is 1.77 bits per heavy atom. The molecule has 2 aromatic rings. The summed E-state index contributed by atoms with van der Waals surface area (Å²) in [6.45, 7) is -0.0269. The van der Waals surface area contributed by atoms with Gasteiger partial charge in [0.2, 0.25) is 0 Å². The Balaban J connectivity index is 1.78. The molecule has 9 nitrogen and oxygen atoms in total. The summed E-state index contributed by atoms with van der Waals surface area (Å²) in [4.78, 5) is 36.7. The van der Waals surface area contributed by atoms with Crippen LogP contribution in [-0.4, -0.2) is 48.3 Å². The van der Waals surface area contributed by atoms with Crippen LogP contribution in [0.3, 0.4) is 0 Å². The molecule has 31 heavy (non-hydrogen) atoms. The van der Waals surface area contributed by atoms with E-state index in [-0.39, 0.29) is 40.8 Å². The van der Waals surface area contributed by atoms with E-state index in [1.165, 1.54) is 56.7 Å². The van der Waals surface area contributed by atoms with Crippen molar-refractivity contribution in [3.05, 3.63) is 62.8 Å². The molecule has 1 saturated heterocycles. The number of thioether (sulfide) groups is 1. The molecule has 0 atom stereocenters. The number of carbonyl (C=O) groups excluding carboxylic acids is 2. The number of hydrogen-bond acceptors (Lipinski definition) is 8. The van der Waals surface area contributed by atoms with Crippen LogP contribution in [0.5, 0.6) is 17.2 Å². The van der Waals surface area contributed by atoms with E-state index < -0.39 is 21.9 Å². The Morgan fingerprint density at radius 3 is 2.39 bits per heavy atom. The summed E-state index contributed by atoms with van der Waals surface area (Å²) in [6.07, 6.45) is 1.27. The first-order valence-corrected chi connectivity index (χ1v) is 9.70. The van der Waals surface area contributed by atoms with E-state index in [9.17, 15) is 24.1 Å². The van der Waals surface area contributed by atoms with Crippen molar-refractivity contribution >= 4 is 34.7 Å². The largest absolute Gasteiger partial charge is 0.493 e. The topological polar surface area (TPSA) is 108 Å². The molecule has 2 amide bonds. The Hall–Kier alpha value is -3.60. The second-order valence-corrected chi connectivity index (χ2v) is 7.15. The molecule has 1 aliphatic heterocycles. The zero-order chi connectivity index (χ0) is 22.5. The van der Waals surface area contributed by atoms with E-state index in [4.69, 9.17) is 14.2 Å². The summed E-state index contributed by atoms with van der Waals surface area (Å²) >= 11 is 0.667. The van der Waals surface area contributed by atoms with Crippen LogP contribution in [0, 0.1) is 15.9 Å². The average molecular weight is 448 g/mol. The number of rotatable bonds is 8. The van der Waals surface area contributed by atoms with Crippen LogP contribution in [0.1, 0.15) is 5.56 Å². The average Bonchev–Trinajstić information content (AvgIpc) is 3.01. The molecule has 162 valence electrons. The molecule has 1 aliphatic rings. The molecular weight excluding hydrogens is 431 g/mol. The van der Waals surface area contributed by atoms with Crippen LogP contribution in [0.25, 0.3) is 6.08 Å². The molecule has 0 spiro atoms. The number of hydrogen-bond donors (Lipinski definition) is 0. The number of benzene rings is 2. The summed E-state index contributed by atoms with van der Waals surface area (Å²) in [5.41, 5.74) is -0.209. The lowest BCUT2D eigenvalue weighted by Gasteiger charge is -2.13. The number of amides is 2. The van der Waals surface area contributed by atoms with Crippen LogP contribution in [0.4, 0.5) is 14.9 Å². The van der Waals surface area contributed by atoms with Gasteiger partial charge >= 0.3 is 0 Å². The van der Waals surface area contributed by atoms with Gasteiger partial charge in [-0.05, 0) is 48.2 Å². The monoisotopic (exact) mass is 448 g/mol. The molecule has 0 saturated carbocycles. The van der Waals surface area contributed by atoms with Gasteiger partial charge in [0.15, 0.2) is 11.5 Å². The van der Waals surface area contributed by atoms with E-state index in [2.05, 4.69) is 0 Å². The first kappa shape index (κ1) is 22.1. The maximum atomic E-state index is 12.9. The van der Waals surface area contributed by atoms with Crippen molar-refractivity contribution < 1.29 is 33.1 Å². The predicted molar refractivity (Wildman–Crippen MR) is 111 cm³/mol. The molecular formula is C20H17FN2O7S.